The minimum Gasteiger partial charge on any atom is -0.486 e. The lowest BCUT2D eigenvalue weighted by molar-refractivity contribution is 0.0343. The molecule has 2 aromatic carbocycles. The summed E-state index contributed by atoms with van der Waals surface area (Å²) in [6.07, 6.45) is 2.78. The lowest BCUT2D eigenvalue weighted by atomic mass is 9.98. The summed E-state index contributed by atoms with van der Waals surface area (Å²) in [5, 5.41) is 12.8. The molecular weight excluding hydrogens is 512 g/mol. The Labute approximate surface area is 233 Å². The first kappa shape index (κ1) is 27.4. The van der Waals surface area contributed by atoms with Crippen LogP contribution in [0.1, 0.15) is 40.1 Å². The number of nitrogens with one attached hydrogen (secondary N) is 1. The maximum absolute atomic E-state index is 13.7. The Morgan fingerprint density at radius 1 is 1.18 bits per heavy atom. The minimum absolute atomic E-state index is 0.0748. The van der Waals surface area contributed by atoms with E-state index in [1.807, 2.05) is 39.1 Å². The molecule has 0 saturated heterocycles. The SMILES string of the molecule is C[C@H]1CN([C@@H](C)CO)C(=O)c2cccc(NC(=O)c3ccncc3)c2O[C@H]1CN(C)Cc1ccc2c(c1)OCO2. The Morgan fingerprint density at radius 2 is 1.95 bits per heavy atom. The van der Waals surface area contributed by atoms with Crippen molar-refractivity contribution in [3.63, 3.8) is 0 Å². The zero-order chi connectivity index (χ0) is 28.2. The molecule has 0 bridgehead atoms. The predicted molar refractivity (Wildman–Crippen MR) is 149 cm³/mol. The first-order valence-electron chi connectivity index (χ1n) is 13.3. The van der Waals surface area contributed by atoms with E-state index in [2.05, 4.69) is 15.2 Å². The highest BCUT2D eigenvalue weighted by molar-refractivity contribution is 6.07. The number of fused-ring (bicyclic) bond motifs is 2. The van der Waals surface area contributed by atoms with Crippen molar-refractivity contribution in [2.75, 3.05) is 38.9 Å². The highest BCUT2D eigenvalue weighted by Crippen LogP contribution is 2.36. The molecule has 10 nitrogen and oxygen atoms in total. The van der Waals surface area contributed by atoms with Crippen molar-refractivity contribution in [3.8, 4) is 17.2 Å². The van der Waals surface area contributed by atoms with Gasteiger partial charge in [-0.15, -0.1) is 0 Å². The maximum Gasteiger partial charge on any atom is 0.258 e. The molecule has 210 valence electrons. The number of para-hydroxylation sites is 1. The molecule has 3 aromatic rings. The van der Waals surface area contributed by atoms with Crippen molar-refractivity contribution in [2.45, 2.75) is 32.5 Å². The number of amides is 2. The van der Waals surface area contributed by atoms with Crippen LogP contribution in [0.15, 0.2) is 60.9 Å². The van der Waals surface area contributed by atoms with Gasteiger partial charge in [-0.1, -0.05) is 19.1 Å². The molecule has 0 aliphatic carbocycles. The zero-order valence-corrected chi connectivity index (χ0v) is 22.9. The van der Waals surface area contributed by atoms with Gasteiger partial charge in [-0.05, 0) is 55.9 Å². The first-order chi connectivity index (χ1) is 19.3. The highest BCUT2D eigenvalue weighted by atomic mass is 16.7. The van der Waals surface area contributed by atoms with Gasteiger partial charge in [-0.2, -0.15) is 0 Å². The van der Waals surface area contributed by atoms with Crippen LogP contribution in [0, 0.1) is 5.92 Å². The Kier molecular flexibility index (Phi) is 8.18. The number of likely N-dealkylation sites (N-methyl/N-ethyl adjacent to an activating group) is 1. The summed E-state index contributed by atoms with van der Waals surface area (Å²) in [5.41, 5.74) is 2.25. The molecule has 5 rings (SSSR count). The summed E-state index contributed by atoms with van der Waals surface area (Å²) in [6.45, 7) is 5.53. The third-order valence-corrected chi connectivity index (χ3v) is 7.26. The van der Waals surface area contributed by atoms with Crippen LogP contribution in [0.5, 0.6) is 17.2 Å². The average Bonchev–Trinajstić information content (AvgIpc) is 3.43. The monoisotopic (exact) mass is 546 g/mol. The van der Waals surface area contributed by atoms with Gasteiger partial charge in [0.2, 0.25) is 6.79 Å². The molecule has 3 atom stereocenters. The van der Waals surface area contributed by atoms with E-state index in [1.54, 1.807) is 47.6 Å². The number of aliphatic hydroxyl groups is 1. The fourth-order valence-corrected chi connectivity index (χ4v) is 4.98. The number of benzene rings is 2. The van der Waals surface area contributed by atoms with Crippen molar-refractivity contribution < 1.29 is 28.9 Å². The molecule has 40 heavy (non-hydrogen) atoms. The third-order valence-electron chi connectivity index (χ3n) is 7.26. The largest absolute Gasteiger partial charge is 0.486 e. The second-order valence-corrected chi connectivity index (χ2v) is 10.4. The van der Waals surface area contributed by atoms with Crippen molar-refractivity contribution in [1.29, 1.82) is 0 Å². The summed E-state index contributed by atoms with van der Waals surface area (Å²) in [4.78, 5) is 34.5. The topological polar surface area (TPSA) is 113 Å². The van der Waals surface area contributed by atoms with Crippen LogP contribution in [-0.2, 0) is 6.54 Å². The summed E-state index contributed by atoms with van der Waals surface area (Å²) in [6, 6.07) is 13.9. The summed E-state index contributed by atoms with van der Waals surface area (Å²) >= 11 is 0. The number of nitrogens with zero attached hydrogens (tertiary/aromatic N) is 3. The van der Waals surface area contributed by atoms with Crippen LogP contribution in [0.2, 0.25) is 0 Å². The van der Waals surface area contributed by atoms with E-state index in [-0.39, 0.29) is 43.3 Å². The van der Waals surface area contributed by atoms with E-state index in [1.165, 1.54) is 0 Å². The average molecular weight is 547 g/mol. The van der Waals surface area contributed by atoms with Crippen LogP contribution in [0.25, 0.3) is 0 Å². The Bertz CT molecular complexity index is 1370. The van der Waals surface area contributed by atoms with Gasteiger partial charge in [0.15, 0.2) is 17.2 Å². The standard InChI is InChI=1S/C30H34N4O6/c1-19-14-34(20(2)17-35)30(37)23-5-4-6-24(32-29(36)22-9-11-31-12-10-22)28(23)40-27(19)16-33(3)15-21-7-8-25-26(13-21)39-18-38-25/h4-13,19-20,27,35H,14-18H2,1-3H3,(H,32,36)/t19-,20-,27-/m0/s1. The second-order valence-electron chi connectivity index (χ2n) is 10.4. The molecule has 0 fully saturated rings. The van der Waals surface area contributed by atoms with Gasteiger partial charge in [0, 0.05) is 43.5 Å². The van der Waals surface area contributed by atoms with Crippen LogP contribution in [0.4, 0.5) is 5.69 Å². The predicted octanol–water partition coefficient (Wildman–Crippen LogP) is 3.41. The normalized spacial score (nSPS) is 18.9. The number of carbonyl (C=O) groups excluding carboxylic acids is 2. The van der Waals surface area contributed by atoms with Crippen molar-refractivity contribution in [1.82, 2.24) is 14.8 Å². The van der Waals surface area contributed by atoms with E-state index in [4.69, 9.17) is 14.2 Å². The number of pyridine rings is 1. The number of ether oxygens (including phenoxy) is 3. The molecule has 3 heterocycles. The Balaban J connectivity index is 1.43. The van der Waals surface area contributed by atoms with E-state index in [0.717, 1.165) is 17.1 Å². The van der Waals surface area contributed by atoms with Crippen molar-refractivity contribution in [3.05, 3.63) is 77.6 Å². The van der Waals surface area contributed by atoms with E-state index in [9.17, 15) is 14.7 Å². The van der Waals surface area contributed by atoms with Crippen LogP contribution in [0.3, 0.4) is 0 Å². The number of anilines is 1. The van der Waals surface area contributed by atoms with Gasteiger partial charge < -0.3 is 29.5 Å². The number of carbonyl (C=O) groups is 2. The number of hydrogen-bond acceptors (Lipinski definition) is 8. The van der Waals surface area contributed by atoms with Crippen LogP contribution >= 0.6 is 0 Å². The molecular formula is C30H34N4O6. The molecule has 2 amide bonds. The van der Waals surface area contributed by atoms with Gasteiger partial charge >= 0.3 is 0 Å². The molecule has 2 N–H and O–H groups in total. The van der Waals surface area contributed by atoms with E-state index >= 15 is 0 Å². The lowest BCUT2D eigenvalue weighted by Gasteiger charge is -2.38. The van der Waals surface area contributed by atoms with Gasteiger partial charge in [-0.3, -0.25) is 19.5 Å². The smallest absolute Gasteiger partial charge is 0.258 e. The molecule has 1 aromatic heterocycles. The summed E-state index contributed by atoms with van der Waals surface area (Å²) < 4.78 is 17.6. The van der Waals surface area contributed by atoms with Crippen LogP contribution in [-0.4, -0.2) is 77.4 Å². The molecule has 0 unspecified atom stereocenters. The van der Waals surface area contributed by atoms with E-state index in [0.29, 0.717) is 42.2 Å². The molecule has 2 aliphatic heterocycles. The summed E-state index contributed by atoms with van der Waals surface area (Å²) in [7, 11) is 2.01. The van der Waals surface area contributed by atoms with Gasteiger partial charge in [-0.25, -0.2) is 0 Å². The molecule has 10 heteroatoms. The number of hydrogen-bond donors (Lipinski definition) is 2. The number of aromatic nitrogens is 1. The quantitative estimate of drug-likeness (QED) is 0.442. The second kappa shape index (κ2) is 11.9. The van der Waals surface area contributed by atoms with E-state index < -0.39 is 0 Å². The van der Waals surface area contributed by atoms with Crippen molar-refractivity contribution in [2.24, 2.45) is 5.92 Å². The van der Waals surface area contributed by atoms with Gasteiger partial charge in [0.1, 0.15) is 6.10 Å². The van der Waals surface area contributed by atoms with Crippen molar-refractivity contribution >= 4 is 17.5 Å². The molecule has 0 saturated carbocycles. The maximum atomic E-state index is 13.7. The lowest BCUT2D eigenvalue weighted by Crippen LogP contribution is -2.49. The molecule has 2 aliphatic rings. The first-order valence-corrected chi connectivity index (χ1v) is 13.3. The zero-order valence-electron chi connectivity index (χ0n) is 22.9. The minimum atomic E-state index is -0.386. The highest BCUT2D eigenvalue weighted by Gasteiger charge is 2.34. The van der Waals surface area contributed by atoms with Gasteiger partial charge in [0.05, 0.1) is 23.9 Å². The Morgan fingerprint density at radius 3 is 2.73 bits per heavy atom. The summed E-state index contributed by atoms with van der Waals surface area (Å²) in [5.74, 6) is 1.13. The van der Waals surface area contributed by atoms with Gasteiger partial charge in [0.25, 0.3) is 11.8 Å². The van der Waals surface area contributed by atoms with Crippen LogP contribution < -0.4 is 19.5 Å². The Hall–Kier alpha value is -4.15. The third kappa shape index (κ3) is 5.88. The number of aliphatic hydroxyl groups excluding tert-OH is 1. The number of rotatable bonds is 8. The fourth-order valence-electron chi connectivity index (χ4n) is 4.98. The molecule has 0 spiro atoms. The fraction of sp³-hybridized carbons (Fsp3) is 0.367. The molecule has 0 radical (unpaired) electrons.